The number of nitrogens with zero attached hydrogens (tertiary/aromatic N) is 2. The van der Waals surface area contributed by atoms with Gasteiger partial charge in [0.2, 0.25) is 11.8 Å². The lowest BCUT2D eigenvalue weighted by atomic mass is 9.91. The maximum Gasteiger partial charge on any atom is 0.329 e. The lowest BCUT2D eigenvalue weighted by Gasteiger charge is -2.30. The zero-order chi connectivity index (χ0) is 21.5. The highest BCUT2D eigenvalue weighted by molar-refractivity contribution is 6.00. The summed E-state index contributed by atoms with van der Waals surface area (Å²) in [5, 5.41) is 4.97. The van der Waals surface area contributed by atoms with Gasteiger partial charge in [0.1, 0.15) is 6.04 Å². The van der Waals surface area contributed by atoms with Crippen molar-refractivity contribution >= 4 is 22.8 Å². The molecular weight excluding hydrogens is 394 g/mol. The average molecular weight is 416 g/mol. The van der Waals surface area contributed by atoms with E-state index in [0.29, 0.717) is 29.6 Å². The van der Waals surface area contributed by atoms with Crippen molar-refractivity contribution in [2.75, 3.05) is 13.1 Å². The molecule has 2 aliphatic rings. The van der Waals surface area contributed by atoms with Gasteiger partial charge in [0.25, 0.3) is 5.92 Å². The molecule has 2 atom stereocenters. The van der Waals surface area contributed by atoms with Crippen LogP contribution in [-0.4, -0.2) is 40.0 Å². The maximum absolute atomic E-state index is 14.0. The van der Waals surface area contributed by atoms with E-state index in [2.05, 4.69) is 22.5 Å². The number of carbonyl (C=O) groups is 2. The number of nitrogens with one attached hydrogen (secondary N) is 2. The van der Waals surface area contributed by atoms with Gasteiger partial charge in [0, 0.05) is 25.8 Å². The minimum atomic E-state index is -2.79. The van der Waals surface area contributed by atoms with Gasteiger partial charge in [-0.05, 0) is 31.5 Å². The van der Waals surface area contributed by atoms with Gasteiger partial charge in [-0.15, -0.1) is 0 Å². The van der Waals surface area contributed by atoms with E-state index in [0.717, 1.165) is 0 Å². The molecule has 2 N–H and O–H groups in total. The molecule has 2 amide bonds. The number of imide groups is 1. The molecular formula is C21H22F2N4O3. The number of hydrogen-bond acceptors (Lipinski definition) is 4. The van der Waals surface area contributed by atoms with Crippen LogP contribution in [0.5, 0.6) is 0 Å². The van der Waals surface area contributed by atoms with Crippen LogP contribution in [0.15, 0.2) is 23.0 Å². The van der Waals surface area contributed by atoms with E-state index < -0.39 is 29.5 Å². The molecule has 9 heteroatoms. The molecule has 1 aromatic carbocycles. The van der Waals surface area contributed by atoms with Gasteiger partial charge in [-0.25, -0.2) is 13.6 Å². The Morgan fingerprint density at radius 3 is 2.77 bits per heavy atom. The fourth-order valence-electron chi connectivity index (χ4n) is 4.18. The monoisotopic (exact) mass is 416 g/mol. The molecule has 2 unspecified atom stereocenters. The Morgan fingerprint density at radius 2 is 2.03 bits per heavy atom. The summed E-state index contributed by atoms with van der Waals surface area (Å²) in [5.74, 6) is 1.35. The number of amides is 2. The van der Waals surface area contributed by atoms with Crippen LogP contribution in [0.1, 0.15) is 37.3 Å². The van der Waals surface area contributed by atoms with E-state index in [9.17, 15) is 23.2 Å². The van der Waals surface area contributed by atoms with Crippen LogP contribution in [0, 0.1) is 17.8 Å². The Labute approximate surface area is 171 Å². The van der Waals surface area contributed by atoms with Crippen molar-refractivity contribution in [3.63, 3.8) is 0 Å². The van der Waals surface area contributed by atoms with E-state index in [1.54, 1.807) is 25.2 Å². The maximum atomic E-state index is 14.0. The second-order valence-electron chi connectivity index (χ2n) is 7.78. The number of aryl methyl sites for hydroxylation is 1. The van der Waals surface area contributed by atoms with E-state index >= 15 is 0 Å². The first kappa shape index (κ1) is 20.3. The van der Waals surface area contributed by atoms with Crippen LogP contribution in [0.25, 0.3) is 11.0 Å². The third kappa shape index (κ3) is 3.52. The molecule has 2 aliphatic heterocycles. The van der Waals surface area contributed by atoms with Gasteiger partial charge in [-0.1, -0.05) is 17.9 Å². The number of benzene rings is 1. The largest absolute Gasteiger partial charge is 0.329 e. The number of hydrogen-bond donors (Lipinski definition) is 2. The summed E-state index contributed by atoms with van der Waals surface area (Å²) >= 11 is 0. The average Bonchev–Trinajstić information content (AvgIpc) is 2.95. The van der Waals surface area contributed by atoms with E-state index in [1.165, 1.54) is 9.13 Å². The van der Waals surface area contributed by atoms with Crippen LogP contribution in [0.4, 0.5) is 8.78 Å². The molecule has 0 spiro atoms. The molecule has 2 aromatic rings. The quantitative estimate of drug-likeness (QED) is 0.571. The lowest BCUT2D eigenvalue weighted by molar-refractivity contribution is -0.135. The van der Waals surface area contributed by atoms with E-state index in [1.807, 2.05) is 0 Å². The number of para-hydroxylation sites is 1. The van der Waals surface area contributed by atoms with Crippen LogP contribution in [0.2, 0.25) is 0 Å². The molecule has 0 radical (unpaired) electrons. The number of rotatable bonds is 2. The first-order chi connectivity index (χ1) is 14.3. The van der Waals surface area contributed by atoms with Crippen molar-refractivity contribution in [3.8, 4) is 11.8 Å². The molecule has 4 rings (SSSR count). The number of halogens is 2. The molecule has 0 aliphatic carbocycles. The summed E-state index contributed by atoms with van der Waals surface area (Å²) in [7, 11) is 1.58. The van der Waals surface area contributed by atoms with Crippen molar-refractivity contribution in [1.29, 1.82) is 0 Å². The third-order valence-electron chi connectivity index (χ3n) is 5.82. The van der Waals surface area contributed by atoms with Crippen LogP contribution >= 0.6 is 0 Å². The van der Waals surface area contributed by atoms with Crippen LogP contribution in [0.3, 0.4) is 0 Å². The van der Waals surface area contributed by atoms with E-state index in [-0.39, 0.29) is 31.7 Å². The summed E-state index contributed by atoms with van der Waals surface area (Å²) in [4.78, 5) is 36.6. The van der Waals surface area contributed by atoms with Crippen LogP contribution in [-0.2, 0) is 16.6 Å². The van der Waals surface area contributed by atoms with E-state index in [4.69, 9.17) is 0 Å². The normalized spacial score (nSPS) is 23.7. The number of aromatic nitrogens is 2. The second-order valence-corrected chi connectivity index (χ2v) is 7.78. The number of carbonyl (C=O) groups excluding carboxylic acids is 2. The Kier molecular flexibility index (Phi) is 5.20. The predicted octanol–water partition coefficient (Wildman–Crippen LogP) is 1.30. The highest BCUT2D eigenvalue weighted by atomic mass is 19.3. The summed E-state index contributed by atoms with van der Waals surface area (Å²) < 4.78 is 30.8. The summed E-state index contributed by atoms with van der Waals surface area (Å²) in [5.41, 5.74) is 1.21. The number of piperidine rings is 2. The summed E-state index contributed by atoms with van der Waals surface area (Å²) in [6.45, 7) is 0.207. The second kappa shape index (κ2) is 7.69. The fraction of sp³-hybridized carbons (Fsp3) is 0.476. The molecule has 2 saturated heterocycles. The topological polar surface area (TPSA) is 85.1 Å². The zero-order valence-corrected chi connectivity index (χ0v) is 16.5. The summed E-state index contributed by atoms with van der Waals surface area (Å²) in [6.07, 6.45) is 0.816. The Balaban J connectivity index is 1.69. The van der Waals surface area contributed by atoms with Gasteiger partial charge >= 0.3 is 5.69 Å². The molecule has 7 nitrogen and oxygen atoms in total. The van der Waals surface area contributed by atoms with Gasteiger partial charge in [0.15, 0.2) is 0 Å². The Hall–Kier alpha value is -2.99. The lowest BCUT2D eigenvalue weighted by Crippen LogP contribution is -2.45. The smallest absolute Gasteiger partial charge is 0.311 e. The van der Waals surface area contributed by atoms with Crippen molar-refractivity contribution < 1.29 is 18.4 Å². The van der Waals surface area contributed by atoms with Gasteiger partial charge < -0.3 is 5.32 Å². The zero-order valence-electron chi connectivity index (χ0n) is 16.5. The highest BCUT2D eigenvalue weighted by Crippen LogP contribution is 2.31. The minimum Gasteiger partial charge on any atom is -0.311 e. The van der Waals surface area contributed by atoms with Crippen molar-refractivity contribution in [2.24, 2.45) is 13.0 Å². The van der Waals surface area contributed by atoms with Crippen molar-refractivity contribution in [2.45, 2.75) is 37.6 Å². The SMILES string of the molecule is Cn1c(=O)n(C2CCC(=O)NC2=O)c2cccc(C#CCC3CCNCC3(F)F)c21. The Bertz CT molecular complexity index is 1140. The molecule has 0 bridgehead atoms. The Morgan fingerprint density at radius 1 is 1.23 bits per heavy atom. The van der Waals surface area contributed by atoms with Gasteiger partial charge in [-0.2, -0.15) is 0 Å². The van der Waals surface area contributed by atoms with Crippen LogP contribution < -0.4 is 16.3 Å². The van der Waals surface area contributed by atoms with Crippen molar-refractivity contribution in [1.82, 2.24) is 19.8 Å². The first-order valence-electron chi connectivity index (χ1n) is 9.90. The standard InChI is InChI=1S/C21H22F2N4O3/c1-26-18-13(4-2-6-14-10-11-24-12-21(14,22)23)5-3-7-15(18)27(20(26)30)16-8-9-17(28)25-19(16)29/h3,5,7,14,16,24H,6,8-12H2,1H3,(H,25,28,29). The molecule has 30 heavy (non-hydrogen) atoms. The molecule has 0 saturated carbocycles. The predicted molar refractivity (Wildman–Crippen MR) is 106 cm³/mol. The van der Waals surface area contributed by atoms with Crippen molar-refractivity contribution in [3.05, 3.63) is 34.2 Å². The molecule has 2 fully saturated rings. The molecule has 1 aromatic heterocycles. The minimum absolute atomic E-state index is 0.0624. The number of fused-ring (bicyclic) bond motifs is 1. The summed E-state index contributed by atoms with van der Waals surface area (Å²) in [6, 6.07) is 4.37. The first-order valence-corrected chi connectivity index (χ1v) is 9.90. The van der Waals surface area contributed by atoms with Gasteiger partial charge in [-0.3, -0.25) is 24.0 Å². The molecule has 3 heterocycles. The third-order valence-corrected chi connectivity index (χ3v) is 5.82. The highest BCUT2D eigenvalue weighted by Gasteiger charge is 2.40. The van der Waals surface area contributed by atoms with Gasteiger partial charge in [0.05, 0.1) is 23.1 Å². The number of alkyl halides is 2. The number of imidazole rings is 1. The fourth-order valence-corrected chi connectivity index (χ4v) is 4.18. The molecule has 158 valence electrons.